The van der Waals surface area contributed by atoms with E-state index < -0.39 is 0 Å². The molecule has 1 N–H and O–H groups in total. The van der Waals surface area contributed by atoms with Crippen LogP contribution in [-0.2, 0) is 14.3 Å². The minimum absolute atomic E-state index is 0.0166. The summed E-state index contributed by atoms with van der Waals surface area (Å²) >= 11 is 0. The standard InChI is InChI=1S/C23H30N4O5/c1-16-11-18(26-22(28)17-12-19(13-17)29-2)3-4-21(16)32-20-14-24-23(25-15-20)31-10-7-27-5-8-30-9-6-27/h3-4,11,14-15,17,19H,5-10,12-13H2,1-2H3,(H,26,28). The third kappa shape index (κ3) is 5.93. The van der Waals surface area contributed by atoms with Crippen molar-refractivity contribution < 1.29 is 23.7 Å². The molecule has 2 aromatic rings. The number of nitrogens with zero attached hydrogens (tertiary/aromatic N) is 3. The second kappa shape index (κ2) is 10.7. The molecule has 1 saturated heterocycles. The van der Waals surface area contributed by atoms with Crippen LogP contribution in [0.1, 0.15) is 18.4 Å². The highest BCUT2D eigenvalue weighted by Gasteiger charge is 2.34. The quantitative estimate of drug-likeness (QED) is 0.633. The Balaban J connectivity index is 1.25. The van der Waals surface area contributed by atoms with Gasteiger partial charge in [-0.15, -0.1) is 0 Å². The number of morpholine rings is 1. The van der Waals surface area contributed by atoms with Crippen molar-refractivity contribution in [2.75, 3.05) is 51.9 Å². The first-order valence-electron chi connectivity index (χ1n) is 11.0. The molecule has 0 atom stereocenters. The minimum Gasteiger partial charge on any atom is -0.462 e. The summed E-state index contributed by atoms with van der Waals surface area (Å²) in [6.45, 7) is 6.66. The Hall–Kier alpha value is -2.75. The number of methoxy groups -OCH3 is 1. The van der Waals surface area contributed by atoms with Crippen molar-refractivity contribution in [2.24, 2.45) is 5.92 Å². The van der Waals surface area contributed by atoms with E-state index in [4.69, 9.17) is 18.9 Å². The number of rotatable bonds is 9. The molecule has 1 amide bonds. The number of aryl methyl sites for hydroxylation is 1. The summed E-state index contributed by atoms with van der Waals surface area (Å²) in [6, 6.07) is 5.88. The number of ether oxygens (including phenoxy) is 4. The first-order chi connectivity index (χ1) is 15.6. The van der Waals surface area contributed by atoms with Gasteiger partial charge >= 0.3 is 6.01 Å². The van der Waals surface area contributed by atoms with Crippen LogP contribution in [0, 0.1) is 12.8 Å². The molecule has 9 heteroatoms. The highest BCUT2D eigenvalue weighted by molar-refractivity contribution is 5.93. The molecule has 0 spiro atoms. The average molecular weight is 443 g/mol. The van der Waals surface area contributed by atoms with Crippen LogP contribution in [-0.4, -0.2) is 73.4 Å². The molecule has 32 heavy (non-hydrogen) atoms. The van der Waals surface area contributed by atoms with Gasteiger partial charge in [0.15, 0.2) is 5.75 Å². The third-order valence-corrected chi connectivity index (χ3v) is 5.82. The van der Waals surface area contributed by atoms with Gasteiger partial charge in [0.1, 0.15) is 12.4 Å². The SMILES string of the molecule is COC1CC(C(=O)Nc2ccc(Oc3cnc(OCCN4CCOCC4)nc3)c(C)c2)C1. The number of carbonyl (C=O) groups is 1. The van der Waals surface area contributed by atoms with Gasteiger partial charge in [-0.05, 0) is 43.5 Å². The van der Waals surface area contributed by atoms with Crippen LogP contribution in [0.4, 0.5) is 5.69 Å². The van der Waals surface area contributed by atoms with E-state index in [1.165, 1.54) is 0 Å². The summed E-state index contributed by atoms with van der Waals surface area (Å²) in [5.74, 6) is 1.24. The van der Waals surface area contributed by atoms with E-state index in [9.17, 15) is 4.79 Å². The summed E-state index contributed by atoms with van der Waals surface area (Å²) in [6.07, 6.45) is 4.93. The monoisotopic (exact) mass is 442 g/mol. The van der Waals surface area contributed by atoms with E-state index in [0.717, 1.165) is 56.9 Å². The van der Waals surface area contributed by atoms with Crippen LogP contribution < -0.4 is 14.8 Å². The number of amides is 1. The Morgan fingerprint density at radius 3 is 2.66 bits per heavy atom. The fourth-order valence-corrected chi connectivity index (χ4v) is 3.71. The maximum absolute atomic E-state index is 12.3. The number of anilines is 1. The maximum Gasteiger partial charge on any atom is 0.316 e. The van der Waals surface area contributed by atoms with Gasteiger partial charge in [-0.1, -0.05) is 0 Å². The smallest absolute Gasteiger partial charge is 0.316 e. The zero-order chi connectivity index (χ0) is 22.3. The topological polar surface area (TPSA) is 95.0 Å². The van der Waals surface area contributed by atoms with Crippen molar-refractivity contribution in [1.82, 2.24) is 14.9 Å². The van der Waals surface area contributed by atoms with Gasteiger partial charge in [0.25, 0.3) is 0 Å². The van der Waals surface area contributed by atoms with Crippen molar-refractivity contribution in [1.29, 1.82) is 0 Å². The van der Waals surface area contributed by atoms with Crippen molar-refractivity contribution in [3.05, 3.63) is 36.2 Å². The molecule has 1 aromatic carbocycles. The number of hydrogen-bond donors (Lipinski definition) is 1. The minimum atomic E-state index is 0.0166. The summed E-state index contributed by atoms with van der Waals surface area (Å²) in [7, 11) is 1.68. The summed E-state index contributed by atoms with van der Waals surface area (Å²) < 4.78 is 22.1. The normalized spacial score (nSPS) is 20.9. The molecule has 0 radical (unpaired) electrons. The van der Waals surface area contributed by atoms with E-state index in [1.807, 2.05) is 25.1 Å². The Labute approximate surface area is 188 Å². The van der Waals surface area contributed by atoms with Crippen molar-refractivity contribution >= 4 is 11.6 Å². The Morgan fingerprint density at radius 2 is 1.97 bits per heavy atom. The molecular formula is C23H30N4O5. The summed E-state index contributed by atoms with van der Waals surface area (Å²) in [5, 5.41) is 2.97. The lowest BCUT2D eigenvalue weighted by molar-refractivity contribution is -0.127. The Morgan fingerprint density at radius 1 is 1.22 bits per heavy atom. The Bertz CT molecular complexity index is 896. The second-order valence-corrected chi connectivity index (χ2v) is 8.10. The van der Waals surface area contributed by atoms with Crippen LogP contribution >= 0.6 is 0 Å². The van der Waals surface area contributed by atoms with Crippen LogP contribution in [0.25, 0.3) is 0 Å². The number of benzene rings is 1. The van der Waals surface area contributed by atoms with Gasteiger partial charge in [-0.2, -0.15) is 9.97 Å². The van der Waals surface area contributed by atoms with Crippen molar-refractivity contribution in [3.8, 4) is 17.5 Å². The van der Waals surface area contributed by atoms with Crippen molar-refractivity contribution in [2.45, 2.75) is 25.9 Å². The predicted molar refractivity (Wildman–Crippen MR) is 118 cm³/mol. The van der Waals surface area contributed by atoms with Gasteiger partial charge in [0.05, 0.1) is 31.7 Å². The van der Waals surface area contributed by atoms with Crippen LogP contribution in [0.5, 0.6) is 17.5 Å². The first-order valence-corrected chi connectivity index (χ1v) is 11.0. The zero-order valence-electron chi connectivity index (χ0n) is 18.6. The molecule has 2 fully saturated rings. The molecule has 0 unspecified atom stereocenters. The third-order valence-electron chi connectivity index (χ3n) is 5.82. The number of carbonyl (C=O) groups excluding carboxylic acids is 1. The molecule has 0 bridgehead atoms. The first kappa shape index (κ1) is 22.4. The van der Waals surface area contributed by atoms with Gasteiger partial charge < -0.3 is 24.3 Å². The summed E-state index contributed by atoms with van der Waals surface area (Å²) in [4.78, 5) is 23.0. The second-order valence-electron chi connectivity index (χ2n) is 8.10. The van der Waals surface area contributed by atoms with Gasteiger partial charge in [-0.3, -0.25) is 9.69 Å². The van der Waals surface area contributed by atoms with Gasteiger partial charge in [0.2, 0.25) is 5.91 Å². The van der Waals surface area contributed by atoms with Gasteiger partial charge in [0, 0.05) is 38.3 Å². The molecule has 1 aromatic heterocycles. The molecule has 2 aliphatic rings. The number of hydrogen-bond acceptors (Lipinski definition) is 8. The average Bonchev–Trinajstić information content (AvgIpc) is 2.77. The lowest BCUT2D eigenvalue weighted by Crippen LogP contribution is -2.38. The van der Waals surface area contributed by atoms with Crippen LogP contribution in [0.3, 0.4) is 0 Å². The predicted octanol–water partition coefficient (Wildman–Crippen LogP) is 2.65. The van der Waals surface area contributed by atoms with E-state index in [2.05, 4.69) is 20.2 Å². The number of aromatic nitrogens is 2. The molecule has 1 aliphatic carbocycles. The zero-order valence-corrected chi connectivity index (χ0v) is 18.6. The lowest BCUT2D eigenvalue weighted by Gasteiger charge is -2.32. The van der Waals surface area contributed by atoms with Crippen molar-refractivity contribution in [3.63, 3.8) is 0 Å². The van der Waals surface area contributed by atoms with E-state index >= 15 is 0 Å². The molecular weight excluding hydrogens is 412 g/mol. The van der Waals surface area contributed by atoms with E-state index in [1.54, 1.807) is 19.5 Å². The fraction of sp³-hybridized carbons (Fsp3) is 0.522. The molecule has 1 saturated carbocycles. The fourth-order valence-electron chi connectivity index (χ4n) is 3.71. The Kier molecular flexibility index (Phi) is 7.51. The maximum atomic E-state index is 12.3. The van der Waals surface area contributed by atoms with Crippen LogP contribution in [0.2, 0.25) is 0 Å². The number of nitrogens with one attached hydrogen (secondary N) is 1. The molecule has 1 aliphatic heterocycles. The summed E-state index contributed by atoms with van der Waals surface area (Å²) in [5.41, 5.74) is 1.65. The molecule has 2 heterocycles. The van der Waals surface area contributed by atoms with Crippen LogP contribution in [0.15, 0.2) is 30.6 Å². The highest BCUT2D eigenvalue weighted by atomic mass is 16.5. The molecule has 4 rings (SSSR count). The largest absolute Gasteiger partial charge is 0.462 e. The molecule has 172 valence electrons. The highest BCUT2D eigenvalue weighted by Crippen LogP contribution is 2.32. The lowest BCUT2D eigenvalue weighted by atomic mass is 9.81. The van der Waals surface area contributed by atoms with Gasteiger partial charge in [-0.25, -0.2) is 0 Å². The van der Waals surface area contributed by atoms with E-state index in [-0.39, 0.29) is 17.9 Å². The molecule has 9 nitrogen and oxygen atoms in total. The van der Waals surface area contributed by atoms with E-state index in [0.29, 0.717) is 24.1 Å².